The lowest BCUT2D eigenvalue weighted by molar-refractivity contribution is -0.147. The minimum Gasteiger partial charge on any atom is -0.445 e. The van der Waals surface area contributed by atoms with Gasteiger partial charge in [-0.15, -0.1) is 0 Å². The fraction of sp³-hybridized carbons (Fsp3) is 0.625. The molecule has 1 aromatic carbocycles. The van der Waals surface area contributed by atoms with Gasteiger partial charge in [-0.3, -0.25) is 14.5 Å². The first-order chi connectivity index (χ1) is 15.8. The van der Waals surface area contributed by atoms with Crippen molar-refractivity contribution >= 4 is 17.9 Å². The van der Waals surface area contributed by atoms with E-state index in [4.69, 9.17) is 4.74 Å². The molecule has 2 saturated heterocycles. The van der Waals surface area contributed by atoms with Gasteiger partial charge in [-0.2, -0.15) is 0 Å². The molecule has 0 radical (unpaired) electrons. The summed E-state index contributed by atoms with van der Waals surface area (Å²) in [6.45, 7) is 3.47. The number of β-amino-alcohol motifs (C(OH)–C–C–N with tert-alkyl or cyclic N) is 1. The quantitative estimate of drug-likeness (QED) is 0.656. The molecule has 0 unspecified atom stereocenters. The van der Waals surface area contributed by atoms with Crippen molar-refractivity contribution in [3.63, 3.8) is 0 Å². The predicted octanol–water partition coefficient (Wildman–Crippen LogP) is 0.980. The largest absolute Gasteiger partial charge is 0.445 e. The number of piperidine rings is 1. The Morgan fingerprint density at radius 3 is 2.55 bits per heavy atom. The monoisotopic (exact) mass is 459 g/mol. The highest BCUT2D eigenvalue weighted by Gasteiger charge is 2.52. The summed E-state index contributed by atoms with van der Waals surface area (Å²) in [4.78, 5) is 42.4. The van der Waals surface area contributed by atoms with Crippen LogP contribution in [0.5, 0.6) is 0 Å². The van der Waals surface area contributed by atoms with E-state index in [2.05, 4.69) is 0 Å². The zero-order valence-corrected chi connectivity index (χ0v) is 19.1. The molecule has 0 aromatic heterocycles. The Morgan fingerprint density at radius 1 is 1.15 bits per heavy atom. The summed E-state index contributed by atoms with van der Waals surface area (Å²) in [5.41, 5.74) is 0.863. The van der Waals surface area contributed by atoms with Gasteiger partial charge in [-0.05, 0) is 43.6 Å². The number of ether oxygens (including phenoxy) is 1. The first-order valence-corrected chi connectivity index (χ1v) is 11.7. The number of piperazine rings is 1. The van der Waals surface area contributed by atoms with Crippen molar-refractivity contribution in [1.29, 1.82) is 0 Å². The van der Waals surface area contributed by atoms with Gasteiger partial charge in [0, 0.05) is 32.7 Å². The summed E-state index contributed by atoms with van der Waals surface area (Å²) < 4.78 is 5.35. The van der Waals surface area contributed by atoms with Gasteiger partial charge in [-0.1, -0.05) is 30.3 Å². The van der Waals surface area contributed by atoms with E-state index in [-0.39, 0.29) is 37.4 Å². The molecule has 2 aliphatic heterocycles. The fourth-order valence-electron chi connectivity index (χ4n) is 4.78. The summed E-state index contributed by atoms with van der Waals surface area (Å²) in [5.74, 6) is -0.630. The molecule has 33 heavy (non-hydrogen) atoms. The topological polar surface area (TPSA) is 111 Å². The van der Waals surface area contributed by atoms with Gasteiger partial charge in [0.2, 0.25) is 5.91 Å². The number of benzene rings is 1. The maximum atomic E-state index is 12.8. The van der Waals surface area contributed by atoms with Crippen molar-refractivity contribution in [2.45, 2.75) is 57.5 Å². The van der Waals surface area contributed by atoms with Gasteiger partial charge in [0.05, 0.1) is 6.10 Å². The van der Waals surface area contributed by atoms with E-state index in [1.54, 1.807) is 11.8 Å². The highest BCUT2D eigenvalue weighted by Crippen LogP contribution is 2.53. The summed E-state index contributed by atoms with van der Waals surface area (Å²) >= 11 is 0. The number of aliphatic hydroxyl groups excluding tert-OH is 2. The second-order valence-corrected chi connectivity index (χ2v) is 9.45. The van der Waals surface area contributed by atoms with Gasteiger partial charge in [-0.25, -0.2) is 4.79 Å². The van der Waals surface area contributed by atoms with E-state index in [9.17, 15) is 24.6 Å². The molecule has 1 aromatic rings. The number of amides is 3. The summed E-state index contributed by atoms with van der Waals surface area (Å²) in [5, 5.41) is 20.7. The van der Waals surface area contributed by atoms with Crippen LogP contribution < -0.4 is 0 Å². The van der Waals surface area contributed by atoms with Crippen molar-refractivity contribution < 1.29 is 29.3 Å². The smallest absolute Gasteiger partial charge is 0.410 e. The van der Waals surface area contributed by atoms with Crippen molar-refractivity contribution in [2.24, 2.45) is 5.41 Å². The number of likely N-dealkylation sites (tertiary alicyclic amines) is 1. The molecule has 180 valence electrons. The maximum Gasteiger partial charge on any atom is 0.410 e. The third kappa shape index (κ3) is 5.14. The van der Waals surface area contributed by atoms with E-state index in [1.165, 1.54) is 9.80 Å². The van der Waals surface area contributed by atoms with Gasteiger partial charge in [0.25, 0.3) is 5.91 Å². The van der Waals surface area contributed by atoms with Crippen LogP contribution in [-0.4, -0.2) is 93.8 Å². The van der Waals surface area contributed by atoms with Crippen LogP contribution in [0.4, 0.5) is 4.79 Å². The van der Waals surface area contributed by atoms with Crippen LogP contribution in [0, 0.1) is 5.41 Å². The number of aliphatic hydroxyl groups is 2. The molecule has 2 heterocycles. The summed E-state index contributed by atoms with van der Waals surface area (Å²) in [6.07, 6.45) is 0.613. The number of rotatable bonds is 6. The van der Waals surface area contributed by atoms with Gasteiger partial charge in [0.1, 0.15) is 18.8 Å². The molecule has 3 fully saturated rings. The van der Waals surface area contributed by atoms with E-state index >= 15 is 0 Å². The third-order valence-corrected chi connectivity index (χ3v) is 7.33. The lowest BCUT2D eigenvalue weighted by Crippen LogP contribution is -2.58. The van der Waals surface area contributed by atoms with Crippen molar-refractivity contribution in [3.05, 3.63) is 35.9 Å². The fourth-order valence-corrected chi connectivity index (χ4v) is 4.78. The lowest BCUT2D eigenvalue weighted by Gasteiger charge is -2.39. The van der Waals surface area contributed by atoms with Crippen LogP contribution in [0.25, 0.3) is 0 Å². The average Bonchev–Trinajstić information content (AvgIpc) is 3.61. The molecule has 3 atom stereocenters. The summed E-state index contributed by atoms with van der Waals surface area (Å²) in [7, 11) is 0. The highest BCUT2D eigenvalue weighted by molar-refractivity contribution is 5.86. The number of carbonyl (C=O) groups excluding carboxylic acids is 3. The molecular weight excluding hydrogens is 426 g/mol. The van der Waals surface area contributed by atoms with E-state index in [1.807, 2.05) is 30.3 Å². The molecule has 3 amide bonds. The Bertz CT molecular complexity index is 874. The Hall–Kier alpha value is -2.65. The van der Waals surface area contributed by atoms with E-state index in [0.717, 1.165) is 24.8 Å². The Balaban J connectivity index is 1.22. The highest BCUT2D eigenvalue weighted by atomic mass is 16.6. The first kappa shape index (κ1) is 23.5. The molecule has 9 heteroatoms. The van der Waals surface area contributed by atoms with Crippen molar-refractivity contribution in [1.82, 2.24) is 14.7 Å². The second-order valence-electron chi connectivity index (χ2n) is 9.45. The van der Waals surface area contributed by atoms with Crippen LogP contribution in [0.3, 0.4) is 0 Å². The van der Waals surface area contributed by atoms with Crippen LogP contribution in [-0.2, 0) is 20.9 Å². The molecule has 1 spiro atoms. The normalized spacial score (nSPS) is 25.2. The molecule has 4 rings (SSSR count). The van der Waals surface area contributed by atoms with E-state index in [0.29, 0.717) is 19.6 Å². The SMILES string of the molecule is C[C@H]1C(=O)N(CC[C@@H](O)C(=O)N2CCC3(CC3)[C@H](O)C2)CCN1C(=O)OCc1ccccc1. The molecular formula is C24H33N3O6. The van der Waals surface area contributed by atoms with Gasteiger partial charge >= 0.3 is 6.09 Å². The van der Waals surface area contributed by atoms with Crippen molar-refractivity contribution in [3.8, 4) is 0 Å². The lowest BCUT2D eigenvalue weighted by atomic mass is 9.90. The maximum absolute atomic E-state index is 12.8. The van der Waals surface area contributed by atoms with Crippen LogP contribution in [0.1, 0.15) is 38.2 Å². The van der Waals surface area contributed by atoms with Crippen molar-refractivity contribution in [2.75, 3.05) is 32.7 Å². The minimum absolute atomic E-state index is 0.00773. The van der Waals surface area contributed by atoms with Gasteiger partial charge in [0.15, 0.2) is 0 Å². The van der Waals surface area contributed by atoms with Gasteiger partial charge < -0.3 is 24.7 Å². The van der Waals surface area contributed by atoms with Crippen LogP contribution in [0.15, 0.2) is 30.3 Å². The molecule has 0 bridgehead atoms. The number of carbonyl (C=O) groups is 3. The van der Waals surface area contributed by atoms with Crippen LogP contribution in [0.2, 0.25) is 0 Å². The van der Waals surface area contributed by atoms with Crippen LogP contribution >= 0.6 is 0 Å². The Kier molecular flexibility index (Phi) is 6.90. The zero-order chi connectivity index (χ0) is 23.6. The average molecular weight is 460 g/mol. The van der Waals surface area contributed by atoms with E-state index < -0.39 is 30.3 Å². The minimum atomic E-state index is -1.22. The predicted molar refractivity (Wildman–Crippen MR) is 119 cm³/mol. The standard InChI is InChI=1S/C24H33N3O6/c1-17-21(30)25(13-14-27(17)23(32)33-16-18-5-3-2-4-6-18)11-7-19(28)22(31)26-12-10-24(8-9-24)20(29)15-26/h2-6,17,19-20,28-29H,7-16H2,1H3/t17-,19+,20+/m0/s1. The first-order valence-electron chi connectivity index (χ1n) is 11.7. The number of hydrogen-bond acceptors (Lipinski definition) is 6. The Morgan fingerprint density at radius 2 is 1.88 bits per heavy atom. The zero-order valence-electron chi connectivity index (χ0n) is 19.1. The number of nitrogens with zero attached hydrogens (tertiary/aromatic N) is 3. The molecule has 9 nitrogen and oxygen atoms in total. The molecule has 2 N–H and O–H groups in total. The third-order valence-electron chi connectivity index (χ3n) is 7.33. The number of hydrogen-bond donors (Lipinski definition) is 2. The summed E-state index contributed by atoms with van der Waals surface area (Å²) in [6, 6.07) is 8.66. The molecule has 3 aliphatic rings. The molecule has 1 saturated carbocycles. The second kappa shape index (κ2) is 9.69. The molecule has 1 aliphatic carbocycles. The Labute approximate surface area is 193 Å².